The van der Waals surface area contributed by atoms with Gasteiger partial charge in [-0.2, -0.15) is 0 Å². The smallest absolute Gasteiger partial charge is 0.261 e. The molecule has 0 aliphatic heterocycles. The minimum atomic E-state index is 0.0165. The van der Waals surface area contributed by atoms with Gasteiger partial charge in [-0.25, -0.2) is 0 Å². The van der Waals surface area contributed by atoms with E-state index in [0.29, 0.717) is 13.2 Å². The molecule has 0 saturated heterocycles. The fourth-order valence-corrected chi connectivity index (χ4v) is 4.18. The zero-order chi connectivity index (χ0) is 19.2. The van der Waals surface area contributed by atoms with E-state index in [9.17, 15) is 4.79 Å². The molecular formula is C23H27NO2S. The van der Waals surface area contributed by atoms with Crippen molar-refractivity contribution in [1.82, 2.24) is 5.32 Å². The van der Waals surface area contributed by atoms with Crippen LogP contribution in [0.1, 0.15) is 46.6 Å². The standard InChI is InChI=1S/C23H27NO2S/c1-16(2)26-14-6-13-24-23(25)22-20(15-18-11-9-17(3)10-12-18)19-7-4-5-8-21(19)27-22/h4-5,7-12,16H,6,13-15H2,1-3H3,(H,24,25). The quantitative estimate of drug-likeness (QED) is 0.535. The Hall–Kier alpha value is -2.17. The van der Waals surface area contributed by atoms with Crippen molar-refractivity contribution in [3.63, 3.8) is 0 Å². The molecule has 142 valence electrons. The summed E-state index contributed by atoms with van der Waals surface area (Å²) in [7, 11) is 0. The summed E-state index contributed by atoms with van der Waals surface area (Å²) in [6.45, 7) is 7.43. The number of rotatable bonds is 8. The predicted molar refractivity (Wildman–Crippen MR) is 114 cm³/mol. The monoisotopic (exact) mass is 381 g/mol. The molecule has 2 aromatic carbocycles. The number of thiophene rings is 1. The summed E-state index contributed by atoms with van der Waals surface area (Å²) in [6.07, 6.45) is 1.82. The van der Waals surface area contributed by atoms with Gasteiger partial charge >= 0.3 is 0 Å². The molecule has 0 spiro atoms. The van der Waals surface area contributed by atoms with Crippen molar-refractivity contribution in [1.29, 1.82) is 0 Å². The number of aryl methyl sites for hydroxylation is 1. The first-order chi connectivity index (χ1) is 13.0. The summed E-state index contributed by atoms with van der Waals surface area (Å²) in [5.74, 6) is 0.0165. The van der Waals surface area contributed by atoms with Crippen LogP contribution in [0.25, 0.3) is 10.1 Å². The Morgan fingerprint density at radius 2 is 1.85 bits per heavy atom. The number of nitrogens with one attached hydrogen (secondary N) is 1. The maximum atomic E-state index is 12.8. The molecule has 4 heteroatoms. The van der Waals surface area contributed by atoms with Crippen molar-refractivity contribution < 1.29 is 9.53 Å². The molecule has 1 aromatic heterocycles. The summed E-state index contributed by atoms with van der Waals surface area (Å²) < 4.78 is 6.70. The SMILES string of the molecule is Cc1ccc(Cc2c(C(=O)NCCCOC(C)C)sc3ccccc23)cc1. The molecule has 0 radical (unpaired) electrons. The molecule has 0 unspecified atom stereocenters. The maximum absolute atomic E-state index is 12.8. The van der Waals surface area contributed by atoms with Gasteiger partial charge in [0.1, 0.15) is 0 Å². The molecule has 27 heavy (non-hydrogen) atoms. The van der Waals surface area contributed by atoms with Crippen LogP contribution in [0, 0.1) is 6.92 Å². The van der Waals surface area contributed by atoms with Gasteiger partial charge in [0.25, 0.3) is 5.91 Å². The van der Waals surface area contributed by atoms with Gasteiger partial charge in [0.2, 0.25) is 0 Å². The van der Waals surface area contributed by atoms with Gasteiger partial charge in [-0.1, -0.05) is 48.0 Å². The van der Waals surface area contributed by atoms with E-state index in [-0.39, 0.29) is 12.0 Å². The molecule has 0 atom stereocenters. The molecule has 1 N–H and O–H groups in total. The molecule has 0 aliphatic rings. The molecule has 0 fully saturated rings. The fraction of sp³-hybridized carbons (Fsp3) is 0.348. The van der Waals surface area contributed by atoms with Crippen LogP contribution in [-0.2, 0) is 11.2 Å². The van der Waals surface area contributed by atoms with Crippen molar-refractivity contribution in [3.8, 4) is 0 Å². The summed E-state index contributed by atoms with van der Waals surface area (Å²) in [4.78, 5) is 13.7. The Labute approximate surface area is 165 Å². The van der Waals surface area contributed by atoms with Crippen LogP contribution in [0.15, 0.2) is 48.5 Å². The zero-order valence-corrected chi connectivity index (χ0v) is 17.1. The third-order valence-electron chi connectivity index (χ3n) is 4.46. The van der Waals surface area contributed by atoms with Crippen LogP contribution in [0.4, 0.5) is 0 Å². The van der Waals surface area contributed by atoms with Gasteiger partial charge in [0, 0.05) is 17.9 Å². The normalized spacial score (nSPS) is 11.3. The van der Waals surface area contributed by atoms with Crippen molar-refractivity contribution in [3.05, 3.63) is 70.1 Å². The second-order valence-corrected chi connectivity index (χ2v) is 8.15. The summed E-state index contributed by atoms with van der Waals surface area (Å²) in [6, 6.07) is 16.8. The summed E-state index contributed by atoms with van der Waals surface area (Å²) in [5, 5.41) is 4.24. The molecule has 3 nitrogen and oxygen atoms in total. The van der Waals surface area contributed by atoms with Gasteiger partial charge in [0.05, 0.1) is 11.0 Å². The van der Waals surface area contributed by atoms with Crippen LogP contribution in [0.2, 0.25) is 0 Å². The number of amides is 1. The lowest BCUT2D eigenvalue weighted by molar-refractivity contribution is 0.0757. The van der Waals surface area contributed by atoms with Crippen LogP contribution in [0.5, 0.6) is 0 Å². The van der Waals surface area contributed by atoms with E-state index in [1.807, 2.05) is 26.0 Å². The Morgan fingerprint density at radius 1 is 1.11 bits per heavy atom. The number of hydrogen-bond acceptors (Lipinski definition) is 3. The number of carbonyl (C=O) groups excluding carboxylic acids is 1. The second-order valence-electron chi connectivity index (χ2n) is 7.10. The lowest BCUT2D eigenvalue weighted by Crippen LogP contribution is -2.25. The van der Waals surface area contributed by atoms with E-state index in [1.54, 1.807) is 11.3 Å². The minimum Gasteiger partial charge on any atom is -0.379 e. The largest absolute Gasteiger partial charge is 0.379 e. The lowest BCUT2D eigenvalue weighted by Gasteiger charge is -2.09. The Balaban J connectivity index is 1.77. The summed E-state index contributed by atoms with van der Waals surface area (Å²) >= 11 is 1.58. The topological polar surface area (TPSA) is 38.3 Å². The average Bonchev–Trinajstić information content (AvgIpc) is 3.01. The Bertz CT molecular complexity index is 896. The van der Waals surface area contributed by atoms with E-state index in [2.05, 4.69) is 48.6 Å². The summed E-state index contributed by atoms with van der Waals surface area (Å²) in [5.41, 5.74) is 3.59. The molecule has 1 heterocycles. The minimum absolute atomic E-state index is 0.0165. The first-order valence-electron chi connectivity index (χ1n) is 9.50. The van der Waals surface area contributed by atoms with Gasteiger partial charge in [-0.15, -0.1) is 11.3 Å². The highest BCUT2D eigenvalue weighted by molar-refractivity contribution is 7.21. The predicted octanol–water partition coefficient (Wildman–Crippen LogP) is 5.35. The van der Waals surface area contributed by atoms with Crippen LogP contribution in [-0.4, -0.2) is 25.2 Å². The molecule has 0 saturated carbocycles. The highest BCUT2D eigenvalue weighted by Gasteiger charge is 2.18. The van der Waals surface area contributed by atoms with Crippen molar-refractivity contribution in [2.24, 2.45) is 0 Å². The maximum Gasteiger partial charge on any atom is 0.261 e. The van der Waals surface area contributed by atoms with Gasteiger partial charge < -0.3 is 10.1 Å². The van der Waals surface area contributed by atoms with Crippen molar-refractivity contribution in [2.45, 2.75) is 39.7 Å². The van der Waals surface area contributed by atoms with Crippen LogP contribution >= 0.6 is 11.3 Å². The van der Waals surface area contributed by atoms with Gasteiger partial charge in [-0.3, -0.25) is 4.79 Å². The number of benzene rings is 2. The van der Waals surface area contributed by atoms with E-state index < -0.39 is 0 Å². The van der Waals surface area contributed by atoms with Crippen LogP contribution < -0.4 is 5.32 Å². The fourth-order valence-electron chi connectivity index (χ4n) is 3.04. The zero-order valence-electron chi connectivity index (χ0n) is 16.2. The van der Waals surface area contributed by atoms with Gasteiger partial charge in [0.15, 0.2) is 0 Å². The third-order valence-corrected chi connectivity index (χ3v) is 5.68. The first kappa shape index (κ1) is 19.6. The molecule has 3 aromatic rings. The van der Waals surface area contributed by atoms with E-state index in [4.69, 9.17) is 4.74 Å². The molecule has 1 amide bonds. The van der Waals surface area contributed by atoms with Gasteiger partial charge in [-0.05, 0) is 56.2 Å². The van der Waals surface area contributed by atoms with E-state index >= 15 is 0 Å². The molecule has 0 bridgehead atoms. The second kappa shape index (κ2) is 9.16. The number of fused-ring (bicyclic) bond motifs is 1. The van der Waals surface area contributed by atoms with Crippen molar-refractivity contribution in [2.75, 3.05) is 13.2 Å². The third kappa shape index (κ3) is 5.18. The molecule has 3 rings (SSSR count). The lowest BCUT2D eigenvalue weighted by atomic mass is 10.0. The number of carbonyl (C=O) groups is 1. The molecular weight excluding hydrogens is 354 g/mol. The van der Waals surface area contributed by atoms with Crippen LogP contribution in [0.3, 0.4) is 0 Å². The number of hydrogen-bond donors (Lipinski definition) is 1. The van der Waals surface area contributed by atoms with E-state index in [1.165, 1.54) is 16.5 Å². The van der Waals surface area contributed by atoms with E-state index in [0.717, 1.165) is 28.0 Å². The Kier molecular flexibility index (Phi) is 6.64. The number of ether oxygens (including phenoxy) is 1. The highest BCUT2D eigenvalue weighted by atomic mass is 32.1. The average molecular weight is 382 g/mol. The Morgan fingerprint density at radius 3 is 2.59 bits per heavy atom. The molecule has 0 aliphatic carbocycles. The highest BCUT2D eigenvalue weighted by Crippen LogP contribution is 2.33. The first-order valence-corrected chi connectivity index (χ1v) is 10.3. The van der Waals surface area contributed by atoms with Crippen molar-refractivity contribution >= 4 is 27.3 Å².